The smallest absolute Gasteiger partial charge is 0.354 e. The maximum absolute atomic E-state index is 16.6. The molecule has 2 unspecified atom stereocenters. The zero-order chi connectivity index (χ0) is 20.7. The van der Waals surface area contributed by atoms with E-state index in [-0.39, 0.29) is 12.2 Å². The van der Waals surface area contributed by atoms with Gasteiger partial charge >= 0.3 is 5.97 Å². The largest absolute Gasteiger partial charge is 0.463 e. The minimum atomic E-state index is -3.00. The van der Waals surface area contributed by atoms with E-state index in [1.54, 1.807) is 73.7 Å². The molecule has 0 bridgehead atoms. The molecule has 0 spiro atoms. The lowest BCUT2D eigenvalue weighted by atomic mass is 9.83. The van der Waals surface area contributed by atoms with E-state index >= 15 is 4.39 Å². The molecule has 3 aromatic rings. The SMILES string of the molecule is CCOC(=O)C(F)(C(=O)c1ccccc1)C(Nc1ccccn1)c1ccccc1. The van der Waals surface area contributed by atoms with E-state index in [2.05, 4.69) is 10.3 Å². The number of halogens is 1. The molecule has 0 aliphatic carbocycles. The van der Waals surface area contributed by atoms with Gasteiger partial charge in [0, 0.05) is 11.8 Å². The topological polar surface area (TPSA) is 68.3 Å². The Kier molecular flexibility index (Phi) is 6.34. The molecule has 0 amide bonds. The Hall–Kier alpha value is -3.54. The van der Waals surface area contributed by atoms with Gasteiger partial charge in [0.1, 0.15) is 11.9 Å². The quantitative estimate of drug-likeness (QED) is 0.350. The first-order valence-electron chi connectivity index (χ1n) is 9.26. The number of ether oxygens (including phenoxy) is 1. The summed E-state index contributed by atoms with van der Waals surface area (Å²) in [5.74, 6) is -1.89. The first kappa shape index (κ1) is 20.2. The molecule has 0 fully saturated rings. The van der Waals surface area contributed by atoms with Crippen molar-refractivity contribution in [1.29, 1.82) is 0 Å². The van der Waals surface area contributed by atoms with Crippen molar-refractivity contribution in [2.75, 3.05) is 11.9 Å². The van der Waals surface area contributed by atoms with E-state index in [1.807, 2.05) is 0 Å². The van der Waals surface area contributed by atoms with Gasteiger partial charge < -0.3 is 10.1 Å². The summed E-state index contributed by atoms with van der Waals surface area (Å²) in [6.45, 7) is 1.51. The molecule has 0 aliphatic rings. The van der Waals surface area contributed by atoms with Gasteiger partial charge in [0.05, 0.1) is 6.61 Å². The summed E-state index contributed by atoms with van der Waals surface area (Å²) >= 11 is 0. The highest BCUT2D eigenvalue weighted by Crippen LogP contribution is 2.37. The number of nitrogens with zero attached hydrogens (tertiary/aromatic N) is 1. The molecule has 0 saturated heterocycles. The first-order chi connectivity index (χ1) is 14.1. The predicted molar refractivity (Wildman–Crippen MR) is 108 cm³/mol. The van der Waals surface area contributed by atoms with Crippen molar-refractivity contribution in [1.82, 2.24) is 4.98 Å². The van der Waals surface area contributed by atoms with Gasteiger partial charge in [0.25, 0.3) is 5.67 Å². The number of carbonyl (C=O) groups excluding carboxylic acids is 2. The van der Waals surface area contributed by atoms with Gasteiger partial charge in [-0.3, -0.25) is 4.79 Å². The van der Waals surface area contributed by atoms with Crippen LogP contribution < -0.4 is 5.32 Å². The van der Waals surface area contributed by atoms with Crippen LogP contribution in [0.4, 0.5) is 10.2 Å². The number of rotatable bonds is 8. The molecule has 5 nitrogen and oxygen atoms in total. The maximum atomic E-state index is 16.6. The summed E-state index contributed by atoms with van der Waals surface area (Å²) < 4.78 is 21.6. The lowest BCUT2D eigenvalue weighted by Crippen LogP contribution is -2.51. The fourth-order valence-corrected chi connectivity index (χ4v) is 3.03. The highest BCUT2D eigenvalue weighted by molar-refractivity contribution is 6.16. The van der Waals surface area contributed by atoms with Crippen molar-refractivity contribution < 1.29 is 18.7 Å². The Bertz CT molecular complexity index is 952. The molecule has 29 heavy (non-hydrogen) atoms. The molecular weight excluding hydrogens is 371 g/mol. The van der Waals surface area contributed by atoms with E-state index < -0.39 is 23.5 Å². The van der Waals surface area contributed by atoms with Crippen LogP contribution in [0.5, 0.6) is 0 Å². The maximum Gasteiger partial charge on any atom is 0.354 e. The molecule has 148 valence electrons. The number of pyridine rings is 1. The second-order valence-corrected chi connectivity index (χ2v) is 6.33. The van der Waals surface area contributed by atoms with Gasteiger partial charge in [0.2, 0.25) is 5.78 Å². The van der Waals surface area contributed by atoms with Gasteiger partial charge in [-0.2, -0.15) is 0 Å². The minimum absolute atomic E-state index is 0.0579. The van der Waals surface area contributed by atoms with E-state index in [1.165, 1.54) is 18.3 Å². The van der Waals surface area contributed by atoms with E-state index in [4.69, 9.17) is 4.74 Å². The van der Waals surface area contributed by atoms with Crippen LogP contribution in [0.1, 0.15) is 28.9 Å². The number of anilines is 1. The highest BCUT2D eigenvalue weighted by atomic mass is 19.1. The molecule has 1 N–H and O–H groups in total. The third kappa shape index (κ3) is 4.32. The third-order valence-corrected chi connectivity index (χ3v) is 4.43. The Labute approximate surface area is 168 Å². The summed E-state index contributed by atoms with van der Waals surface area (Å²) in [7, 11) is 0. The number of ketones is 1. The van der Waals surface area contributed by atoms with Crippen molar-refractivity contribution in [2.24, 2.45) is 0 Å². The molecule has 0 saturated carbocycles. The summed E-state index contributed by atoms with van der Waals surface area (Å²) in [5, 5.41) is 2.92. The molecular formula is C23H21FN2O3. The monoisotopic (exact) mass is 392 g/mol. The molecule has 2 aromatic carbocycles. The third-order valence-electron chi connectivity index (χ3n) is 4.43. The average molecular weight is 392 g/mol. The van der Waals surface area contributed by atoms with Crippen LogP contribution in [0.2, 0.25) is 0 Å². The van der Waals surface area contributed by atoms with E-state index in [9.17, 15) is 9.59 Å². The second kappa shape index (κ2) is 9.10. The van der Waals surface area contributed by atoms with Crippen LogP contribution in [0.3, 0.4) is 0 Å². The van der Waals surface area contributed by atoms with E-state index in [0.717, 1.165) is 0 Å². The van der Waals surface area contributed by atoms with Crippen molar-refractivity contribution in [3.05, 3.63) is 96.2 Å². The van der Waals surface area contributed by atoms with Crippen molar-refractivity contribution in [2.45, 2.75) is 18.6 Å². The van der Waals surface area contributed by atoms with Gasteiger partial charge in [0.15, 0.2) is 0 Å². The molecule has 1 aromatic heterocycles. The van der Waals surface area contributed by atoms with Gasteiger partial charge in [-0.1, -0.05) is 66.7 Å². The Morgan fingerprint density at radius 2 is 1.62 bits per heavy atom. The first-order valence-corrected chi connectivity index (χ1v) is 9.26. The van der Waals surface area contributed by atoms with Crippen LogP contribution in [0.15, 0.2) is 85.1 Å². The van der Waals surface area contributed by atoms with Crippen LogP contribution in [0, 0.1) is 0 Å². The summed E-state index contributed by atoms with van der Waals surface area (Å²) in [6.07, 6.45) is 1.54. The van der Waals surface area contributed by atoms with Crippen LogP contribution in [0.25, 0.3) is 0 Å². The number of Topliss-reactive ketones (excluding diaryl/α,β-unsaturated/α-hetero) is 1. The zero-order valence-electron chi connectivity index (χ0n) is 15.9. The fraction of sp³-hybridized carbons (Fsp3) is 0.174. The second-order valence-electron chi connectivity index (χ2n) is 6.33. The van der Waals surface area contributed by atoms with Crippen LogP contribution in [-0.4, -0.2) is 29.0 Å². The molecule has 3 rings (SSSR count). The molecule has 0 radical (unpaired) electrons. The Morgan fingerprint density at radius 1 is 1.00 bits per heavy atom. The number of nitrogens with one attached hydrogen (secondary N) is 1. The zero-order valence-corrected chi connectivity index (χ0v) is 15.9. The number of hydrogen-bond acceptors (Lipinski definition) is 5. The average Bonchev–Trinajstić information content (AvgIpc) is 2.78. The molecule has 2 atom stereocenters. The Balaban J connectivity index is 2.14. The normalized spacial score (nSPS) is 13.7. The van der Waals surface area contributed by atoms with Crippen molar-refractivity contribution in [3.8, 4) is 0 Å². The number of carbonyl (C=O) groups is 2. The van der Waals surface area contributed by atoms with E-state index in [0.29, 0.717) is 11.4 Å². The van der Waals surface area contributed by atoms with Crippen LogP contribution >= 0.6 is 0 Å². The lowest BCUT2D eigenvalue weighted by Gasteiger charge is -2.32. The predicted octanol–water partition coefficient (Wildman–Crippen LogP) is 4.39. The highest BCUT2D eigenvalue weighted by Gasteiger charge is 2.55. The van der Waals surface area contributed by atoms with Gasteiger partial charge in [-0.05, 0) is 24.6 Å². The number of esters is 1. The lowest BCUT2D eigenvalue weighted by molar-refractivity contribution is -0.154. The number of benzene rings is 2. The van der Waals surface area contributed by atoms with Gasteiger partial charge in [-0.25, -0.2) is 14.2 Å². The van der Waals surface area contributed by atoms with Crippen molar-refractivity contribution in [3.63, 3.8) is 0 Å². The summed E-state index contributed by atoms with van der Waals surface area (Å²) in [6, 6.07) is 20.1. The molecule has 6 heteroatoms. The van der Waals surface area contributed by atoms with Crippen molar-refractivity contribution >= 4 is 17.6 Å². The molecule has 1 heterocycles. The number of hydrogen-bond donors (Lipinski definition) is 1. The standard InChI is InChI=1S/C23H21FN2O3/c1-2-29-22(28)23(24,21(27)18-13-7-4-8-14-18)20(17-11-5-3-6-12-17)26-19-15-9-10-16-25-19/h3-16,20H,2H2,1H3,(H,25,26). The summed E-state index contributed by atoms with van der Waals surface area (Å²) in [4.78, 5) is 30.2. The minimum Gasteiger partial charge on any atom is -0.463 e. The fourth-order valence-electron chi connectivity index (χ4n) is 3.03. The van der Waals surface area contributed by atoms with Gasteiger partial charge in [-0.15, -0.1) is 0 Å². The molecule has 0 aliphatic heterocycles. The van der Waals surface area contributed by atoms with Crippen LogP contribution in [-0.2, 0) is 9.53 Å². The Morgan fingerprint density at radius 3 is 2.21 bits per heavy atom. The summed E-state index contributed by atoms with van der Waals surface area (Å²) in [5.41, 5.74) is -2.51. The number of aromatic nitrogens is 1. The number of alkyl halides is 1.